The highest BCUT2D eigenvalue weighted by molar-refractivity contribution is 9.10. The second-order valence-corrected chi connectivity index (χ2v) is 5.97. The van der Waals surface area contributed by atoms with Gasteiger partial charge in [0, 0.05) is 10.0 Å². The number of halogens is 1. The number of thioether (sulfide) groups is 1. The molecule has 0 spiro atoms. The van der Waals surface area contributed by atoms with Crippen molar-refractivity contribution in [3.8, 4) is 5.75 Å². The first-order chi connectivity index (χ1) is 9.11. The number of hydrogen-bond acceptors (Lipinski definition) is 4. The maximum absolute atomic E-state index is 11.5. The third-order valence-corrected chi connectivity index (χ3v) is 3.97. The van der Waals surface area contributed by atoms with Crippen LogP contribution in [0.3, 0.4) is 0 Å². The monoisotopic (exact) mass is 337 g/mol. The van der Waals surface area contributed by atoms with Gasteiger partial charge in [0.1, 0.15) is 12.4 Å². The fraction of sp³-hybridized carbons (Fsp3) is 0.0769. The summed E-state index contributed by atoms with van der Waals surface area (Å²) in [6, 6.07) is 5.75. The van der Waals surface area contributed by atoms with Crippen LogP contribution in [0.15, 0.2) is 39.2 Å². The molecule has 2 amide bonds. The van der Waals surface area contributed by atoms with Crippen LogP contribution in [0.25, 0.3) is 6.08 Å². The zero-order chi connectivity index (χ0) is 13.4. The second kappa shape index (κ2) is 4.86. The van der Waals surface area contributed by atoms with Gasteiger partial charge in [0.15, 0.2) is 0 Å². The van der Waals surface area contributed by atoms with Crippen LogP contribution in [-0.2, 0) is 4.79 Å². The Morgan fingerprint density at radius 2 is 2.21 bits per heavy atom. The molecule has 1 fully saturated rings. The molecule has 6 heteroatoms. The first kappa shape index (κ1) is 12.5. The van der Waals surface area contributed by atoms with Gasteiger partial charge in [0.2, 0.25) is 0 Å². The van der Waals surface area contributed by atoms with Crippen molar-refractivity contribution in [1.29, 1.82) is 0 Å². The zero-order valence-corrected chi connectivity index (χ0v) is 12.0. The Bertz CT molecular complexity index is 651. The molecule has 0 radical (unpaired) electrons. The summed E-state index contributed by atoms with van der Waals surface area (Å²) in [5.41, 5.74) is 1.81. The van der Waals surface area contributed by atoms with Crippen molar-refractivity contribution in [2.75, 3.05) is 6.61 Å². The molecule has 0 unspecified atom stereocenters. The molecule has 2 aliphatic heterocycles. The van der Waals surface area contributed by atoms with E-state index in [1.807, 2.05) is 24.3 Å². The van der Waals surface area contributed by atoms with E-state index in [1.165, 1.54) is 0 Å². The van der Waals surface area contributed by atoms with E-state index in [0.29, 0.717) is 11.5 Å². The topological polar surface area (TPSA) is 55.4 Å². The van der Waals surface area contributed by atoms with Crippen molar-refractivity contribution >= 4 is 44.9 Å². The summed E-state index contributed by atoms with van der Waals surface area (Å²) < 4.78 is 6.57. The zero-order valence-electron chi connectivity index (χ0n) is 9.60. The van der Waals surface area contributed by atoms with E-state index in [1.54, 1.807) is 6.08 Å². The minimum Gasteiger partial charge on any atom is -0.488 e. The Hall–Kier alpha value is -1.53. The van der Waals surface area contributed by atoms with Crippen LogP contribution < -0.4 is 10.1 Å². The molecule has 1 saturated heterocycles. The molecule has 0 aliphatic carbocycles. The predicted molar refractivity (Wildman–Crippen MR) is 76.8 cm³/mol. The molecule has 1 N–H and O–H groups in total. The van der Waals surface area contributed by atoms with Gasteiger partial charge < -0.3 is 4.74 Å². The Morgan fingerprint density at radius 1 is 1.37 bits per heavy atom. The van der Waals surface area contributed by atoms with Gasteiger partial charge in [-0.05, 0) is 47.7 Å². The van der Waals surface area contributed by atoms with Crippen LogP contribution in [0.2, 0.25) is 0 Å². The summed E-state index contributed by atoms with van der Waals surface area (Å²) in [5.74, 6) is 0.459. The lowest BCUT2D eigenvalue weighted by atomic mass is 10.1. The number of imide groups is 1. The number of hydrogen-bond donors (Lipinski definition) is 1. The summed E-state index contributed by atoms with van der Waals surface area (Å²) in [7, 11) is 0. The van der Waals surface area contributed by atoms with Crippen LogP contribution in [0.4, 0.5) is 4.79 Å². The molecule has 1 aromatic rings. The largest absolute Gasteiger partial charge is 0.488 e. The first-order valence-electron chi connectivity index (χ1n) is 5.49. The number of fused-ring (bicyclic) bond motifs is 1. The highest BCUT2D eigenvalue weighted by Crippen LogP contribution is 2.31. The van der Waals surface area contributed by atoms with Gasteiger partial charge >= 0.3 is 0 Å². The standard InChI is InChI=1S/C13H8BrNO3S/c14-9-1-2-10-8(5-9)3-7(6-18-10)4-11-12(16)15-13(17)19-11/h1-5H,6H2,(H,15,16,17)/b11-4-. The van der Waals surface area contributed by atoms with E-state index in [9.17, 15) is 9.59 Å². The van der Waals surface area contributed by atoms with Crippen molar-refractivity contribution in [3.05, 3.63) is 44.8 Å². The third kappa shape index (κ3) is 2.59. The van der Waals surface area contributed by atoms with Crippen molar-refractivity contribution in [3.63, 3.8) is 0 Å². The molecule has 2 aliphatic rings. The van der Waals surface area contributed by atoms with Crippen LogP contribution >= 0.6 is 27.7 Å². The fourth-order valence-electron chi connectivity index (χ4n) is 1.84. The summed E-state index contributed by atoms with van der Waals surface area (Å²) in [5, 5.41) is 1.89. The van der Waals surface area contributed by atoms with Crippen LogP contribution in [0.5, 0.6) is 5.75 Å². The molecule has 2 heterocycles. The van der Waals surface area contributed by atoms with E-state index >= 15 is 0 Å². The normalized spacial score (nSPS) is 19.8. The number of nitrogens with one attached hydrogen (secondary N) is 1. The molecule has 19 heavy (non-hydrogen) atoms. The van der Waals surface area contributed by atoms with Crippen LogP contribution in [0.1, 0.15) is 5.56 Å². The third-order valence-electron chi connectivity index (χ3n) is 2.67. The molecule has 0 atom stereocenters. The highest BCUT2D eigenvalue weighted by atomic mass is 79.9. The lowest BCUT2D eigenvalue weighted by Gasteiger charge is -2.16. The number of benzene rings is 1. The maximum Gasteiger partial charge on any atom is 0.290 e. The lowest BCUT2D eigenvalue weighted by Crippen LogP contribution is -2.18. The number of amides is 2. The van der Waals surface area contributed by atoms with Gasteiger partial charge in [-0.15, -0.1) is 0 Å². The fourth-order valence-corrected chi connectivity index (χ4v) is 2.92. The van der Waals surface area contributed by atoms with Gasteiger partial charge in [-0.25, -0.2) is 0 Å². The predicted octanol–water partition coefficient (Wildman–Crippen LogP) is 3.09. The Labute approximate surface area is 122 Å². The minimum absolute atomic E-state index is 0.336. The molecule has 96 valence electrons. The van der Waals surface area contributed by atoms with Gasteiger partial charge in [0.25, 0.3) is 11.1 Å². The van der Waals surface area contributed by atoms with Crippen LogP contribution in [-0.4, -0.2) is 17.8 Å². The van der Waals surface area contributed by atoms with Crippen molar-refractivity contribution in [1.82, 2.24) is 5.32 Å². The number of carbonyl (C=O) groups excluding carboxylic acids is 2. The van der Waals surface area contributed by atoms with Gasteiger partial charge in [-0.3, -0.25) is 14.9 Å². The molecule has 4 nitrogen and oxygen atoms in total. The molecule has 1 aromatic carbocycles. The molecular weight excluding hydrogens is 330 g/mol. The smallest absolute Gasteiger partial charge is 0.290 e. The van der Waals surface area contributed by atoms with Crippen molar-refractivity contribution in [2.45, 2.75) is 0 Å². The van der Waals surface area contributed by atoms with E-state index in [-0.39, 0.29) is 11.1 Å². The summed E-state index contributed by atoms with van der Waals surface area (Å²) in [6.07, 6.45) is 3.64. The Balaban J connectivity index is 1.93. The molecule has 3 rings (SSSR count). The molecule has 0 aromatic heterocycles. The quantitative estimate of drug-likeness (QED) is 0.800. The molecular formula is C13H8BrNO3S. The number of rotatable bonds is 1. The summed E-state index contributed by atoms with van der Waals surface area (Å²) in [4.78, 5) is 22.9. The summed E-state index contributed by atoms with van der Waals surface area (Å²) in [6.45, 7) is 0.389. The second-order valence-electron chi connectivity index (χ2n) is 4.04. The van der Waals surface area contributed by atoms with Crippen molar-refractivity contribution < 1.29 is 14.3 Å². The van der Waals surface area contributed by atoms with E-state index < -0.39 is 0 Å². The maximum atomic E-state index is 11.5. The van der Waals surface area contributed by atoms with E-state index in [2.05, 4.69) is 21.2 Å². The minimum atomic E-state index is -0.351. The highest BCUT2D eigenvalue weighted by Gasteiger charge is 2.25. The number of carbonyl (C=O) groups is 2. The lowest BCUT2D eigenvalue weighted by molar-refractivity contribution is -0.115. The van der Waals surface area contributed by atoms with Gasteiger partial charge in [0.05, 0.1) is 4.91 Å². The van der Waals surface area contributed by atoms with E-state index in [4.69, 9.17) is 4.74 Å². The molecule has 0 bridgehead atoms. The number of ether oxygens (including phenoxy) is 1. The van der Waals surface area contributed by atoms with Crippen LogP contribution in [0, 0.1) is 0 Å². The summed E-state index contributed by atoms with van der Waals surface area (Å²) >= 11 is 4.31. The van der Waals surface area contributed by atoms with Crippen molar-refractivity contribution in [2.24, 2.45) is 0 Å². The van der Waals surface area contributed by atoms with Gasteiger partial charge in [-0.1, -0.05) is 15.9 Å². The van der Waals surface area contributed by atoms with E-state index in [0.717, 1.165) is 33.1 Å². The first-order valence-corrected chi connectivity index (χ1v) is 7.10. The molecule has 0 saturated carbocycles. The average Bonchev–Trinajstić information content (AvgIpc) is 2.67. The Kier molecular flexibility index (Phi) is 3.20. The van der Waals surface area contributed by atoms with Gasteiger partial charge in [-0.2, -0.15) is 0 Å². The Morgan fingerprint density at radius 3 is 2.95 bits per heavy atom. The SMILES string of the molecule is O=C1NC(=O)/C(=C/C2=Cc3cc(Br)ccc3OC2)S1. The average molecular weight is 338 g/mol.